The van der Waals surface area contributed by atoms with Crippen LogP contribution in [0, 0.1) is 0 Å². The number of nitrogens with one attached hydrogen (secondary N) is 1. The number of aromatic amines is 1. The molecule has 156 valence electrons. The van der Waals surface area contributed by atoms with E-state index >= 15 is 0 Å². The van der Waals surface area contributed by atoms with Crippen LogP contribution in [0.1, 0.15) is 5.56 Å². The van der Waals surface area contributed by atoms with Crippen molar-refractivity contribution in [2.45, 2.75) is 5.75 Å². The molecular formula is C22H17ClN4O3S. The molecule has 7 nitrogen and oxygen atoms in total. The van der Waals surface area contributed by atoms with Crippen LogP contribution in [-0.2, 0) is 15.8 Å². The van der Waals surface area contributed by atoms with Crippen LogP contribution in [0.25, 0.3) is 33.2 Å². The first-order valence-corrected chi connectivity index (χ1v) is 11.4. The second-order valence-electron chi connectivity index (χ2n) is 7.02. The summed E-state index contributed by atoms with van der Waals surface area (Å²) in [6.07, 6.45) is 3.30. The molecule has 3 heterocycles. The Labute approximate surface area is 183 Å². The molecule has 0 bridgehead atoms. The lowest BCUT2D eigenvalue weighted by Crippen LogP contribution is -2.14. The van der Waals surface area contributed by atoms with Gasteiger partial charge in [0.2, 0.25) is 15.3 Å². The molecule has 0 unspecified atom stereocenters. The molecule has 9 heteroatoms. The van der Waals surface area contributed by atoms with Crippen LogP contribution in [0.15, 0.2) is 67.0 Å². The molecule has 0 atom stereocenters. The third-order valence-corrected chi connectivity index (χ3v) is 6.89. The van der Waals surface area contributed by atoms with E-state index in [4.69, 9.17) is 16.3 Å². The molecule has 0 aliphatic rings. The monoisotopic (exact) mass is 452 g/mol. The number of ether oxygens (including phenoxy) is 1. The number of rotatable bonds is 5. The summed E-state index contributed by atoms with van der Waals surface area (Å²) in [5.41, 5.74) is 3.07. The van der Waals surface area contributed by atoms with Gasteiger partial charge in [-0.25, -0.2) is 17.4 Å². The molecule has 0 amide bonds. The summed E-state index contributed by atoms with van der Waals surface area (Å²) in [6, 6.07) is 16.4. The fraction of sp³-hybridized carbons (Fsp3) is 0.0909. The number of nitrogens with zero attached hydrogens (tertiary/aromatic N) is 3. The molecule has 31 heavy (non-hydrogen) atoms. The van der Waals surface area contributed by atoms with Crippen molar-refractivity contribution in [2.24, 2.45) is 0 Å². The van der Waals surface area contributed by atoms with E-state index in [1.54, 1.807) is 43.6 Å². The van der Waals surface area contributed by atoms with Gasteiger partial charge in [0.15, 0.2) is 5.65 Å². The van der Waals surface area contributed by atoms with E-state index in [0.717, 1.165) is 16.5 Å². The summed E-state index contributed by atoms with van der Waals surface area (Å²) in [5, 5.41) is 1.44. The maximum absolute atomic E-state index is 13.1. The number of para-hydroxylation sites is 1. The van der Waals surface area contributed by atoms with Gasteiger partial charge in [0.05, 0.1) is 24.1 Å². The van der Waals surface area contributed by atoms with Gasteiger partial charge >= 0.3 is 0 Å². The average Bonchev–Trinajstić information content (AvgIpc) is 3.38. The molecule has 0 aliphatic heterocycles. The Balaban J connectivity index is 1.69. The van der Waals surface area contributed by atoms with E-state index in [0.29, 0.717) is 22.4 Å². The minimum atomic E-state index is -3.71. The summed E-state index contributed by atoms with van der Waals surface area (Å²) in [5.74, 6) is 0.543. The number of hydrogen-bond acceptors (Lipinski definition) is 5. The molecule has 5 aromatic rings. The first-order valence-electron chi connectivity index (χ1n) is 9.44. The average molecular weight is 453 g/mol. The minimum Gasteiger partial charge on any atom is -0.495 e. The first kappa shape index (κ1) is 19.6. The Hall–Kier alpha value is -3.36. The van der Waals surface area contributed by atoms with Gasteiger partial charge in [-0.3, -0.25) is 0 Å². The van der Waals surface area contributed by atoms with E-state index in [-0.39, 0.29) is 16.7 Å². The Bertz CT molecular complexity index is 1530. The number of methoxy groups -OCH3 is 1. The number of benzene rings is 2. The lowest BCUT2D eigenvalue weighted by molar-refractivity contribution is 0.419. The third-order valence-electron chi connectivity index (χ3n) is 5.13. The van der Waals surface area contributed by atoms with Gasteiger partial charge in [0.1, 0.15) is 5.75 Å². The molecule has 0 fully saturated rings. The van der Waals surface area contributed by atoms with Crippen LogP contribution in [0.5, 0.6) is 5.75 Å². The van der Waals surface area contributed by atoms with Crippen molar-refractivity contribution >= 4 is 43.6 Å². The SMILES string of the molecule is COc1cccc2c(-c3nc(Cl)nc4c3ccn4S(=O)(=O)Cc3ccccc3)c[nH]c12. The number of hydrogen-bond donors (Lipinski definition) is 1. The van der Waals surface area contributed by atoms with Gasteiger partial charge in [-0.05, 0) is 29.3 Å². The van der Waals surface area contributed by atoms with Crippen molar-refractivity contribution in [1.82, 2.24) is 18.9 Å². The fourth-order valence-electron chi connectivity index (χ4n) is 3.74. The van der Waals surface area contributed by atoms with Gasteiger partial charge in [-0.1, -0.05) is 42.5 Å². The van der Waals surface area contributed by atoms with Gasteiger partial charge in [0, 0.05) is 28.7 Å². The standard InChI is InChI=1S/C22H17ClN4O3S/c1-30-18-9-5-8-15-17(12-24-20(15)18)19-16-10-11-27(21(16)26-22(23)25-19)31(28,29)13-14-6-3-2-4-7-14/h2-12,24H,13H2,1H3. The van der Waals surface area contributed by atoms with Crippen molar-refractivity contribution < 1.29 is 13.2 Å². The summed E-state index contributed by atoms with van der Waals surface area (Å²) in [7, 11) is -2.11. The molecule has 2 aromatic carbocycles. The maximum Gasteiger partial charge on any atom is 0.244 e. The second kappa shape index (κ2) is 7.40. The highest BCUT2D eigenvalue weighted by molar-refractivity contribution is 7.89. The highest BCUT2D eigenvalue weighted by Gasteiger charge is 2.22. The van der Waals surface area contributed by atoms with Gasteiger partial charge in [-0.2, -0.15) is 4.98 Å². The molecule has 5 rings (SSSR count). The smallest absolute Gasteiger partial charge is 0.244 e. The largest absolute Gasteiger partial charge is 0.495 e. The molecule has 0 aliphatic carbocycles. The molecule has 0 saturated heterocycles. The minimum absolute atomic E-state index is 0.0328. The maximum atomic E-state index is 13.1. The zero-order valence-corrected chi connectivity index (χ0v) is 18.0. The number of halogens is 1. The zero-order chi connectivity index (χ0) is 21.6. The fourth-order valence-corrected chi connectivity index (χ4v) is 5.31. The van der Waals surface area contributed by atoms with Crippen molar-refractivity contribution in [3.8, 4) is 17.0 Å². The summed E-state index contributed by atoms with van der Waals surface area (Å²) in [4.78, 5) is 11.9. The molecule has 3 aromatic heterocycles. The Morgan fingerprint density at radius 1 is 1.03 bits per heavy atom. The van der Waals surface area contributed by atoms with Gasteiger partial charge in [-0.15, -0.1) is 0 Å². The highest BCUT2D eigenvalue weighted by Crippen LogP contribution is 2.36. The second-order valence-corrected chi connectivity index (χ2v) is 9.20. The van der Waals surface area contributed by atoms with Crippen LogP contribution in [0.4, 0.5) is 0 Å². The van der Waals surface area contributed by atoms with Crippen LogP contribution < -0.4 is 4.74 Å². The number of fused-ring (bicyclic) bond motifs is 2. The van der Waals surface area contributed by atoms with E-state index < -0.39 is 10.0 Å². The Kier molecular flexibility index (Phi) is 4.68. The summed E-state index contributed by atoms with van der Waals surface area (Å²) in [6.45, 7) is 0. The quantitative estimate of drug-likeness (QED) is 0.393. The van der Waals surface area contributed by atoms with Crippen LogP contribution in [0.2, 0.25) is 5.28 Å². The topological polar surface area (TPSA) is 89.9 Å². The molecule has 0 spiro atoms. The molecular weight excluding hydrogens is 436 g/mol. The Morgan fingerprint density at radius 2 is 1.84 bits per heavy atom. The first-order chi connectivity index (χ1) is 15.0. The highest BCUT2D eigenvalue weighted by atomic mass is 35.5. The number of H-pyrrole nitrogens is 1. The van der Waals surface area contributed by atoms with Gasteiger partial charge < -0.3 is 9.72 Å². The zero-order valence-electron chi connectivity index (χ0n) is 16.4. The predicted molar refractivity (Wildman–Crippen MR) is 121 cm³/mol. The van der Waals surface area contributed by atoms with Crippen LogP contribution >= 0.6 is 11.6 Å². The van der Waals surface area contributed by atoms with Crippen molar-refractivity contribution in [3.05, 3.63) is 77.8 Å². The van der Waals surface area contributed by atoms with Crippen molar-refractivity contribution in [1.29, 1.82) is 0 Å². The molecule has 0 radical (unpaired) electrons. The predicted octanol–water partition coefficient (Wildman–Crippen LogP) is 4.62. The van der Waals surface area contributed by atoms with E-state index in [9.17, 15) is 8.42 Å². The molecule has 1 N–H and O–H groups in total. The summed E-state index contributed by atoms with van der Waals surface area (Å²) < 4.78 is 32.8. The van der Waals surface area contributed by atoms with Crippen LogP contribution in [-0.4, -0.2) is 34.5 Å². The third kappa shape index (κ3) is 3.34. The van der Waals surface area contributed by atoms with Crippen molar-refractivity contribution in [3.63, 3.8) is 0 Å². The lowest BCUT2D eigenvalue weighted by atomic mass is 10.1. The Morgan fingerprint density at radius 3 is 2.61 bits per heavy atom. The number of aromatic nitrogens is 4. The van der Waals surface area contributed by atoms with E-state index in [1.165, 1.54) is 10.2 Å². The van der Waals surface area contributed by atoms with Crippen LogP contribution in [0.3, 0.4) is 0 Å². The van der Waals surface area contributed by atoms with Gasteiger partial charge in [0.25, 0.3) is 0 Å². The summed E-state index contributed by atoms with van der Waals surface area (Å²) >= 11 is 6.22. The van der Waals surface area contributed by atoms with Crippen molar-refractivity contribution in [2.75, 3.05) is 7.11 Å². The normalized spacial score (nSPS) is 11.9. The lowest BCUT2D eigenvalue weighted by Gasteiger charge is -2.08. The van der Waals surface area contributed by atoms with E-state index in [1.807, 2.05) is 24.3 Å². The van der Waals surface area contributed by atoms with E-state index in [2.05, 4.69) is 15.0 Å². The molecule has 0 saturated carbocycles.